The Labute approximate surface area is 59.9 Å². The Bertz CT molecular complexity index is 202. The van der Waals surface area contributed by atoms with Crippen LogP contribution in [0.25, 0.3) is 0 Å². The van der Waals surface area contributed by atoms with Crippen LogP contribution in [0.3, 0.4) is 0 Å². The number of hydrogen-bond acceptors (Lipinski definition) is 3. The zero-order valence-electron chi connectivity index (χ0n) is 5.31. The van der Waals surface area contributed by atoms with Crippen molar-refractivity contribution in [2.45, 2.75) is 11.7 Å². The fourth-order valence-electron chi connectivity index (χ4n) is 0.674. The third-order valence-corrected chi connectivity index (χ3v) is 1.47. The van der Waals surface area contributed by atoms with Crippen LogP contribution in [0.4, 0.5) is 13.2 Å². The van der Waals surface area contributed by atoms with Crippen molar-refractivity contribution in [3.8, 4) is 0 Å². The fraction of sp³-hybridized carbons (Fsp3) is 0.800. The third kappa shape index (κ3) is 1.15. The number of nitrogens with zero attached hydrogens (tertiary/aromatic N) is 1. The Kier molecular flexibility index (Phi) is 1.74. The summed E-state index contributed by atoms with van der Waals surface area (Å²) in [5.74, 6) is 0. The van der Waals surface area contributed by atoms with E-state index in [2.05, 4.69) is 9.73 Å². The van der Waals surface area contributed by atoms with Crippen molar-refractivity contribution in [3.63, 3.8) is 0 Å². The Morgan fingerprint density at radius 3 is 2.09 bits per heavy atom. The molecule has 1 saturated heterocycles. The van der Waals surface area contributed by atoms with E-state index in [1.165, 1.54) is 0 Å². The van der Waals surface area contributed by atoms with Gasteiger partial charge in [0.05, 0.1) is 13.2 Å². The van der Waals surface area contributed by atoms with Crippen molar-refractivity contribution < 1.29 is 22.7 Å². The maximum absolute atomic E-state index is 12.0. The second-order valence-electron chi connectivity index (χ2n) is 2.23. The summed E-state index contributed by atoms with van der Waals surface area (Å²) in [5.41, 5.74) is -2.31. The molecule has 1 aliphatic rings. The van der Waals surface area contributed by atoms with Crippen LogP contribution in [0.5, 0.6) is 0 Å². The maximum Gasteiger partial charge on any atom is 0.419 e. The minimum atomic E-state index is -4.51. The summed E-state index contributed by atoms with van der Waals surface area (Å²) < 4.78 is 40.3. The number of halogens is 3. The monoisotopic (exact) mass is 167 g/mol. The molecule has 0 aromatic carbocycles. The molecule has 1 heterocycles. The first-order chi connectivity index (χ1) is 5.02. The van der Waals surface area contributed by atoms with Crippen LogP contribution in [0.1, 0.15) is 0 Å². The summed E-state index contributed by atoms with van der Waals surface area (Å²) in [5, 5.41) is 0. The molecule has 0 amide bonds. The summed E-state index contributed by atoms with van der Waals surface area (Å²) >= 11 is 0. The van der Waals surface area contributed by atoms with Gasteiger partial charge >= 0.3 is 6.18 Å². The van der Waals surface area contributed by atoms with Crippen LogP contribution in [0.15, 0.2) is 4.99 Å². The molecule has 0 spiro atoms. The molecule has 0 unspecified atom stereocenters. The van der Waals surface area contributed by atoms with Crippen molar-refractivity contribution in [1.29, 1.82) is 0 Å². The first-order valence-corrected chi connectivity index (χ1v) is 2.75. The van der Waals surface area contributed by atoms with E-state index in [1.807, 2.05) is 0 Å². The Balaban J connectivity index is 2.84. The van der Waals surface area contributed by atoms with Crippen LogP contribution in [0.2, 0.25) is 0 Å². The number of aliphatic imine (C=N–C) groups is 1. The van der Waals surface area contributed by atoms with Crippen molar-refractivity contribution in [2.75, 3.05) is 13.2 Å². The number of ether oxygens (including phenoxy) is 1. The molecule has 0 bridgehead atoms. The van der Waals surface area contributed by atoms with Crippen molar-refractivity contribution in [3.05, 3.63) is 0 Å². The lowest BCUT2D eigenvalue weighted by Gasteiger charge is -2.37. The molecule has 1 rings (SSSR count). The molecule has 0 aromatic rings. The molecule has 0 atom stereocenters. The standard InChI is InChI=1S/C5H4F3NO2/c6-5(7,8)4(9-3-10)1-11-2-4/h1-2H2. The van der Waals surface area contributed by atoms with E-state index in [4.69, 9.17) is 0 Å². The van der Waals surface area contributed by atoms with Gasteiger partial charge in [0.1, 0.15) is 0 Å². The van der Waals surface area contributed by atoms with E-state index >= 15 is 0 Å². The lowest BCUT2D eigenvalue weighted by atomic mass is 9.98. The third-order valence-electron chi connectivity index (χ3n) is 1.47. The molecule has 1 aliphatic heterocycles. The predicted octanol–water partition coefficient (Wildman–Crippen LogP) is 0.654. The van der Waals surface area contributed by atoms with Gasteiger partial charge in [-0.3, -0.25) is 0 Å². The van der Waals surface area contributed by atoms with Gasteiger partial charge in [0, 0.05) is 0 Å². The van der Waals surface area contributed by atoms with Crippen LogP contribution in [0, 0.1) is 0 Å². The van der Waals surface area contributed by atoms with Gasteiger partial charge in [-0.05, 0) is 0 Å². The maximum atomic E-state index is 12.0. The molecule has 0 N–H and O–H groups in total. The largest absolute Gasteiger partial charge is 0.419 e. The number of alkyl halides is 3. The number of isocyanates is 1. The first kappa shape index (κ1) is 8.23. The molecule has 3 nitrogen and oxygen atoms in total. The topological polar surface area (TPSA) is 38.7 Å². The molecular formula is C5H4F3NO2. The molecule has 6 heteroatoms. The van der Waals surface area contributed by atoms with Crippen LogP contribution >= 0.6 is 0 Å². The van der Waals surface area contributed by atoms with Crippen molar-refractivity contribution >= 4 is 6.08 Å². The smallest absolute Gasteiger partial charge is 0.375 e. The Morgan fingerprint density at radius 2 is 2.00 bits per heavy atom. The molecular weight excluding hydrogens is 163 g/mol. The van der Waals surface area contributed by atoms with Gasteiger partial charge in [0.25, 0.3) is 0 Å². The zero-order chi connectivity index (χ0) is 8.54. The summed E-state index contributed by atoms with van der Waals surface area (Å²) in [7, 11) is 0. The normalized spacial score (nSPS) is 21.7. The highest BCUT2D eigenvalue weighted by Gasteiger charge is 2.60. The highest BCUT2D eigenvalue weighted by molar-refractivity contribution is 5.36. The molecule has 0 radical (unpaired) electrons. The van der Waals surface area contributed by atoms with Gasteiger partial charge in [-0.15, -0.1) is 0 Å². The van der Waals surface area contributed by atoms with Crippen molar-refractivity contribution in [2.24, 2.45) is 4.99 Å². The van der Waals surface area contributed by atoms with Gasteiger partial charge in [0.15, 0.2) is 0 Å². The average molecular weight is 167 g/mol. The van der Waals surface area contributed by atoms with E-state index < -0.39 is 24.9 Å². The van der Waals surface area contributed by atoms with Gasteiger partial charge in [-0.25, -0.2) is 4.79 Å². The number of rotatable bonds is 1. The summed E-state index contributed by atoms with van der Waals surface area (Å²) in [4.78, 5) is 12.3. The molecule has 0 aromatic heterocycles. The summed E-state index contributed by atoms with van der Waals surface area (Å²) in [6, 6.07) is 0. The molecule has 62 valence electrons. The SMILES string of the molecule is O=C=NC1(C(F)(F)F)COC1. The molecule has 1 fully saturated rings. The van der Waals surface area contributed by atoms with Crippen LogP contribution < -0.4 is 0 Å². The number of hydrogen-bond donors (Lipinski definition) is 0. The predicted molar refractivity (Wildman–Crippen MR) is 27.7 cm³/mol. The van der Waals surface area contributed by atoms with Crippen LogP contribution in [-0.2, 0) is 9.53 Å². The molecule has 11 heavy (non-hydrogen) atoms. The average Bonchev–Trinajstić information content (AvgIpc) is 1.75. The van der Waals surface area contributed by atoms with Gasteiger partial charge in [-0.1, -0.05) is 0 Å². The van der Waals surface area contributed by atoms with E-state index in [0.29, 0.717) is 0 Å². The minimum absolute atomic E-state index is 0.578. The van der Waals surface area contributed by atoms with E-state index in [-0.39, 0.29) is 0 Å². The Hall–Kier alpha value is -0.870. The van der Waals surface area contributed by atoms with Crippen LogP contribution in [-0.4, -0.2) is 31.0 Å². The quantitative estimate of drug-likeness (QED) is 0.425. The highest BCUT2D eigenvalue weighted by atomic mass is 19.4. The summed E-state index contributed by atoms with van der Waals surface area (Å²) in [6.45, 7) is -1.16. The van der Waals surface area contributed by atoms with E-state index in [0.717, 1.165) is 6.08 Å². The lowest BCUT2D eigenvalue weighted by molar-refractivity contribution is -0.253. The van der Waals surface area contributed by atoms with Gasteiger partial charge in [-0.2, -0.15) is 18.2 Å². The fourth-order valence-corrected chi connectivity index (χ4v) is 0.674. The van der Waals surface area contributed by atoms with Gasteiger partial charge in [0.2, 0.25) is 11.6 Å². The second kappa shape index (κ2) is 2.32. The van der Waals surface area contributed by atoms with Gasteiger partial charge < -0.3 is 4.74 Å². The summed E-state index contributed by atoms with van der Waals surface area (Å²) in [6.07, 6.45) is -3.62. The van der Waals surface area contributed by atoms with E-state index in [9.17, 15) is 18.0 Å². The zero-order valence-corrected chi connectivity index (χ0v) is 5.31. The lowest BCUT2D eigenvalue weighted by Crippen LogP contribution is -2.58. The van der Waals surface area contributed by atoms with E-state index in [1.54, 1.807) is 0 Å². The second-order valence-corrected chi connectivity index (χ2v) is 2.23. The van der Waals surface area contributed by atoms with Crippen molar-refractivity contribution in [1.82, 2.24) is 0 Å². The molecule has 0 aliphatic carbocycles. The number of carbonyl (C=O) groups excluding carboxylic acids is 1. The Morgan fingerprint density at radius 1 is 1.45 bits per heavy atom. The highest BCUT2D eigenvalue weighted by Crippen LogP contribution is 2.38. The molecule has 0 saturated carbocycles. The first-order valence-electron chi connectivity index (χ1n) is 2.75. The minimum Gasteiger partial charge on any atom is -0.375 e.